The average Bonchev–Trinajstić information content (AvgIpc) is 3.26. The summed E-state index contributed by atoms with van der Waals surface area (Å²) in [5.74, 6) is -1.01. The topological polar surface area (TPSA) is 95.1 Å². The number of aliphatic imine (C=N–C) groups is 1. The maximum atomic E-state index is 14.1. The third-order valence-electron chi connectivity index (χ3n) is 6.63. The van der Waals surface area contributed by atoms with Gasteiger partial charge < -0.3 is 20.7 Å². The fraction of sp³-hybridized carbons (Fsp3) is 0.233. The minimum Gasteiger partial charge on any atom is -0.453 e. The molecule has 0 saturated heterocycles. The van der Waals surface area contributed by atoms with Crippen LogP contribution < -0.4 is 20.7 Å². The largest absolute Gasteiger partial charge is 0.453 e. The van der Waals surface area contributed by atoms with Crippen LogP contribution >= 0.6 is 11.6 Å². The molecule has 41 heavy (non-hydrogen) atoms. The highest BCUT2D eigenvalue weighted by molar-refractivity contribution is 6.32. The van der Waals surface area contributed by atoms with Gasteiger partial charge in [0.25, 0.3) is 0 Å². The van der Waals surface area contributed by atoms with Gasteiger partial charge in [0.1, 0.15) is 17.4 Å². The Labute approximate surface area is 242 Å². The summed E-state index contributed by atoms with van der Waals surface area (Å²) in [4.78, 5) is 28.7. The maximum Gasteiger partial charge on any atom is 0.225 e. The van der Waals surface area contributed by atoms with E-state index in [9.17, 15) is 18.4 Å². The predicted molar refractivity (Wildman–Crippen MR) is 154 cm³/mol. The van der Waals surface area contributed by atoms with Gasteiger partial charge in [0.2, 0.25) is 12.3 Å². The van der Waals surface area contributed by atoms with Crippen molar-refractivity contribution in [3.63, 3.8) is 0 Å². The molecule has 8 nitrogen and oxygen atoms in total. The summed E-state index contributed by atoms with van der Waals surface area (Å²) in [6, 6.07) is 15.4. The molecule has 3 N–H and O–H groups in total. The lowest BCUT2D eigenvalue weighted by atomic mass is 10.0. The van der Waals surface area contributed by atoms with Crippen LogP contribution in [0.4, 0.5) is 8.78 Å². The molecule has 4 rings (SSSR count). The SMILES string of the molecule is CN=C(N/C=C/NC(=O)CCNC=O)c1ccc2c(c1)C(C)N(Cc1ccc(Oc3c(F)cc(F)cc3Cl)cc1)C2. The van der Waals surface area contributed by atoms with E-state index in [4.69, 9.17) is 16.3 Å². The average molecular weight is 582 g/mol. The lowest BCUT2D eigenvalue weighted by Gasteiger charge is -2.22. The Kier molecular flexibility index (Phi) is 10.0. The van der Waals surface area contributed by atoms with Crippen molar-refractivity contribution in [1.29, 1.82) is 0 Å². The van der Waals surface area contributed by atoms with Gasteiger partial charge in [-0.1, -0.05) is 35.9 Å². The lowest BCUT2D eigenvalue weighted by Crippen LogP contribution is -2.25. The van der Waals surface area contributed by atoms with Crippen molar-refractivity contribution < 1.29 is 23.1 Å². The third-order valence-corrected chi connectivity index (χ3v) is 6.91. The molecule has 0 spiro atoms. The van der Waals surface area contributed by atoms with E-state index < -0.39 is 11.6 Å². The summed E-state index contributed by atoms with van der Waals surface area (Å²) in [6.07, 6.45) is 3.83. The number of ether oxygens (including phenoxy) is 1. The number of amidine groups is 1. The van der Waals surface area contributed by atoms with E-state index >= 15 is 0 Å². The van der Waals surface area contributed by atoms with Crippen LogP contribution in [-0.2, 0) is 22.7 Å². The van der Waals surface area contributed by atoms with Crippen LogP contribution in [-0.4, -0.2) is 36.6 Å². The third kappa shape index (κ3) is 7.68. The van der Waals surface area contributed by atoms with Crippen LogP contribution in [0.25, 0.3) is 0 Å². The van der Waals surface area contributed by atoms with Crippen molar-refractivity contribution in [3.05, 3.63) is 106 Å². The first-order valence-corrected chi connectivity index (χ1v) is 13.3. The molecule has 1 aliphatic rings. The normalized spacial score (nSPS) is 15.0. The number of hydrogen-bond acceptors (Lipinski definition) is 5. The Morgan fingerprint density at radius 1 is 1.12 bits per heavy atom. The van der Waals surface area contributed by atoms with E-state index in [-0.39, 0.29) is 35.7 Å². The summed E-state index contributed by atoms with van der Waals surface area (Å²) >= 11 is 5.94. The number of benzene rings is 3. The van der Waals surface area contributed by atoms with Crippen LogP contribution in [0.5, 0.6) is 11.5 Å². The highest BCUT2D eigenvalue weighted by Crippen LogP contribution is 2.36. The molecule has 0 saturated carbocycles. The fourth-order valence-corrected chi connectivity index (χ4v) is 4.74. The maximum absolute atomic E-state index is 14.1. The molecule has 1 heterocycles. The molecule has 0 radical (unpaired) electrons. The van der Waals surface area contributed by atoms with Gasteiger partial charge in [-0.05, 0) is 47.9 Å². The first kappa shape index (κ1) is 29.7. The number of nitrogens with one attached hydrogen (secondary N) is 3. The predicted octanol–water partition coefficient (Wildman–Crippen LogP) is 5.18. The second kappa shape index (κ2) is 13.9. The monoisotopic (exact) mass is 581 g/mol. The number of hydrogen-bond donors (Lipinski definition) is 3. The summed E-state index contributed by atoms with van der Waals surface area (Å²) in [5, 5.41) is 8.04. The number of rotatable bonds is 11. The standard InChI is InChI=1S/C30H30ClF2N5O3/c1-19-25-13-21(30(34-2)37-12-11-36-28(40)9-10-35-18-39)5-6-22(25)17-38(19)16-20-3-7-24(8-4-20)41-29-26(31)14-23(32)15-27(29)33/h3-8,11-15,18-19H,9-10,16-17H2,1-2H3,(H,34,37)(H,35,39)(H,36,40)/b12-11+. The van der Waals surface area contributed by atoms with Crippen molar-refractivity contribution in [2.75, 3.05) is 13.6 Å². The van der Waals surface area contributed by atoms with Crippen molar-refractivity contribution in [1.82, 2.24) is 20.9 Å². The zero-order chi connectivity index (χ0) is 29.4. The van der Waals surface area contributed by atoms with Crippen LogP contribution in [0.2, 0.25) is 5.02 Å². The Bertz CT molecular complexity index is 1440. The van der Waals surface area contributed by atoms with Crippen molar-refractivity contribution in [3.8, 4) is 11.5 Å². The highest BCUT2D eigenvalue weighted by atomic mass is 35.5. The minimum absolute atomic E-state index is 0.135. The van der Waals surface area contributed by atoms with Gasteiger partial charge in [0.15, 0.2) is 11.6 Å². The molecule has 0 aliphatic carbocycles. The van der Waals surface area contributed by atoms with E-state index in [0.29, 0.717) is 24.5 Å². The molecular weight excluding hydrogens is 552 g/mol. The Morgan fingerprint density at radius 3 is 2.59 bits per heavy atom. The molecule has 11 heteroatoms. The summed E-state index contributed by atoms with van der Waals surface area (Å²) in [7, 11) is 1.69. The molecule has 1 atom stereocenters. The van der Waals surface area contributed by atoms with Gasteiger partial charge in [-0.3, -0.25) is 19.5 Å². The van der Waals surface area contributed by atoms with Crippen molar-refractivity contribution >= 4 is 29.8 Å². The van der Waals surface area contributed by atoms with Gasteiger partial charge in [0.05, 0.1) is 5.02 Å². The number of amides is 2. The van der Waals surface area contributed by atoms with E-state index in [0.717, 1.165) is 29.8 Å². The lowest BCUT2D eigenvalue weighted by molar-refractivity contribution is -0.120. The Balaban J connectivity index is 1.35. The van der Waals surface area contributed by atoms with Crippen LogP contribution in [0.1, 0.15) is 41.6 Å². The van der Waals surface area contributed by atoms with Crippen molar-refractivity contribution in [2.24, 2.45) is 4.99 Å². The molecule has 1 unspecified atom stereocenters. The molecule has 0 bridgehead atoms. The van der Waals surface area contributed by atoms with E-state index in [2.05, 4.69) is 44.9 Å². The molecule has 3 aromatic rings. The van der Waals surface area contributed by atoms with Crippen LogP contribution in [0, 0.1) is 11.6 Å². The zero-order valence-corrected chi connectivity index (χ0v) is 23.3. The van der Waals surface area contributed by atoms with E-state index in [1.165, 1.54) is 17.3 Å². The fourth-order valence-electron chi connectivity index (χ4n) is 4.51. The number of carbonyl (C=O) groups is 2. The highest BCUT2D eigenvalue weighted by Gasteiger charge is 2.27. The van der Waals surface area contributed by atoms with Gasteiger partial charge in [-0.25, -0.2) is 8.78 Å². The molecule has 0 aromatic heterocycles. The van der Waals surface area contributed by atoms with E-state index in [1.54, 1.807) is 25.4 Å². The second-order valence-electron chi connectivity index (χ2n) is 9.38. The number of fused-ring (bicyclic) bond motifs is 1. The summed E-state index contributed by atoms with van der Waals surface area (Å²) < 4.78 is 33.0. The van der Waals surface area contributed by atoms with Gasteiger partial charge in [-0.2, -0.15) is 0 Å². The first-order chi connectivity index (χ1) is 19.8. The molecule has 0 fully saturated rings. The number of carbonyl (C=O) groups excluding carboxylic acids is 2. The van der Waals surface area contributed by atoms with Gasteiger partial charge in [-0.15, -0.1) is 0 Å². The summed E-state index contributed by atoms with van der Waals surface area (Å²) in [5.41, 5.74) is 4.39. The van der Waals surface area contributed by atoms with E-state index in [1.807, 2.05) is 18.2 Å². The Hall–Kier alpha value is -4.28. The molecule has 1 aliphatic heterocycles. The van der Waals surface area contributed by atoms with Crippen molar-refractivity contribution in [2.45, 2.75) is 32.5 Å². The molecule has 214 valence electrons. The van der Waals surface area contributed by atoms with Gasteiger partial charge >= 0.3 is 0 Å². The molecule has 2 amide bonds. The first-order valence-electron chi connectivity index (χ1n) is 12.9. The number of nitrogens with zero attached hydrogens (tertiary/aromatic N) is 2. The second-order valence-corrected chi connectivity index (χ2v) is 9.79. The summed E-state index contributed by atoms with van der Waals surface area (Å²) in [6.45, 7) is 3.89. The zero-order valence-electron chi connectivity index (χ0n) is 22.6. The van der Waals surface area contributed by atoms with Crippen LogP contribution in [0.3, 0.4) is 0 Å². The minimum atomic E-state index is -0.864. The van der Waals surface area contributed by atoms with Gasteiger partial charge in [0, 0.05) is 63.2 Å². The quantitative estimate of drug-likeness (QED) is 0.126. The molecular formula is C30H30ClF2N5O3. The smallest absolute Gasteiger partial charge is 0.225 e. The number of halogens is 3. The molecule has 3 aromatic carbocycles. The van der Waals surface area contributed by atoms with Crippen LogP contribution in [0.15, 0.2) is 72.0 Å². The Morgan fingerprint density at radius 2 is 1.88 bits per heavy atom.